The summed E-state index contributed by atoms with van der Waals surface area (Å²) >= 11 is 1.50. The van der Waals surface area contributed by atoms with E-state index in [0.717, 1.165) is 16.9 Å². The zero-order chi connectivity index (χ0) is 14.5. The second-order valence-electron chi connectivity index (χ2n) is 4.82. The Labute approximate surface area is 123 Å². The Kier molecular flexibility index (Phi) is 4.93. The number of rotatable bonds is 5. The van der Waals surface area contributed by atoms with Gasteiger partial charge in [-0.05, 0) is 35.9 Å². The van der Waals surface area contributed by atoms with Crippen LogP contribution in [-0.2, 0) is 11.2 Å². The molecule has 4 heteroatoms. The number of hydrogen-bond donors (Lipinski definition) is 2. The summed E-state index contributed by atoms with van der Waals surface area (Å²) in [6, 6.07) is 11.5. The maximum Gasteiger partial charge on any atom is 0.242 e. The molecule has 0 saturated heterocycles. The van der Waals surface area contributed by atoms with Crippen molar-refractivity contribution in [2.45, 2.75) is 32.4 Å². The third-order valence-corrected chi connectivity index (χ3v) is 4.33. The Bertz CT molecular complexity index is 548. The number of thiophene rings is 1. The number of nitrogens with one attached hydrogen (secondary N) is 1. The van der Waals surface area contributed by atoms with Gasteiger partial charge in [0.15, 0.2) is 0 Å². The average Bonchev–Trinajstić information content (AvgIpc) is 3.00. The highest BCUT2D eigenvalue weighted by Crippen LogP contribution is 2.19. The number of amides is 1. The van der Waals surface area contributed by atoms with E-state index in [2.05, 4.69) is 36.5 Å². The van der Waals surface area contributed by atoms with Gasteiger partial charge in [-0.3, -0.25) is 4.79 Å². The third kappa shape index (κ3) is 3.46. The van der Waals surface area contributed by atoms with Gasteiger partial charge in [0.05, 0.1) is 6.04 Å². The molecule has 0 aliphatic carbocycles. The second kappa shape index (κ2) is 6.68. The predicted octanol–water partition coefficient (Wildman–Crippen LogP) is 3.19. The lowest BCUT2D eigenvalue weighted by Crippen LogP contribution is -2.35. The lowest BCUT2D eigenvalue weighted by atomic mass is 10.0. The van der Waals surface area contributed by atoms with Gasteiger partial charge < -0.3 is 11.1 Å². The zero-order valence-corrected chi connectivity index (χ0v) is 12.6. The van der Waals surface area contributed by atoms with Gasteiger partial charge in [-0.15, -0.1) is 11.3 Å². The molecule has 106 valence electrons. The highest BCUT2D eigenvalue weighted by atomic mass is 32.1. The van der Waals surface area contributed by atoms with Crippen LogP contribution in [-0.4, -0.2) is 5.91 Å². The Morgan fingerprint density at radius 2 is 2.00 bits per heavy atom. The van der Waals surface area contributed by atoms with E-state index in [4.69, 9.17) is 5.73 Å². The minimum Gasteiger partial charge on any atom is -0.348 e. The minimum atomic E-state index is -0.590. The first-order chi connectivity index (χ1) is 9.61. The van der Waals surface area contributed by atoms with Crippen molar-refractivity contribution in [1.29, 1.82) is 0 Å². The van der Waals surface area contributed by atoms with E-state index in [0.29, 0.717) is 0 Å². The van der Waals surface area contributed by atoms with Crippen molar-refractivity contribution in [2.75, 3.05) is 0 Å². The van der Waals surface area contributed by atoms with Gasteiger partial charge in [0, 0.05) is 4.88 Å². The van der Waals surface area contributed by atoms with Crippen LogP contribution in [0.3, 0.4) is 0 Å². The van der Waals surface area contributed by atoms with Gasteiger partial charge >= 0.3 is 0 Å². The number of nitrogens with two attached hydrogens (primary N) is 1. The quantitative estimate of drug-likeness (QED) is 0.887. The Morgan fingerprint density at radius 1 is 1.30 bits per heavy atom. The fraction of sp³-hybridized carbons (Fsp3) is 0.312. The molecule has 0 radical (unpaired) electrons. The number of hydrogen-bond acceptors (Lipinski definition) is 3. The summed E-state index contributed by atoms with van der Waals surface area (Å²) in [7, 11) is 0. The van der Waals surface area contributed by atoms with Crippen LogP contribution in [0.15, 0.2) is 41.8 Å². The van der Waals surface area contributed by atoms with Crippen molar-refractivity contribution in [3.63, 3.8) is 0 Å². The van der Waals surface area contributed by atoms with Crippen molar-refractivity contribution in [2.24, 2.45) is 5.73 Å². The molecule has 0 bridgehead atoms. The molecule has 3 nitrogen and oxygen atoms in total. The van der Waals surface area contributed by atoms with Gasteiger partial charge in [-0.25, -0.2) is 0 Å². The standard InChI is InChI=1S/C16H20N2OS/c1-3-12-6-8-13(9-7-12)11(2)18-16(19)15(17)14-5-4-10-20-14/h4-11,15H,3,17H2,1-2H3,(H,18,19). The SMILES string of the molecule is CCc1ccc(C(C)NC(=O)C(N)c2cccs2)cc1. The van der Waals surface area contributed by atoms with E-state index in [1.807, 2.05) is 24.4 Å². The summed E-state index contributed by atoms with van der Waals surface area (Å²) in [5.74, 6) is -0.139. The van der Waals surface area contributed by atoms with Crippen LogP contribution in [0, 0.1) is 0 Å². The topological polar surface area (TPSA) is 55.1 Å². The van der Waals surface area contributed by atoms with Crippen LogP contribution < -0.4 is 11.1 Å². The van der Waals surface area contributed by atoms with Crippen LogP contribution in [0.5, 0.6) is 0 Å². The van der Waals surface area contributed by atoms with E-state index in [1.54, 1.807) is 0 Å². The van der Waals surface area contributed by atoms with Gasteiger partial charge in [-0.2, -0.15) is 0 Å². The van der Waals surface area contributed by atoms with Crippen molar-refractivity contribution in [3.05, 3.63) is 57.8 Å². The largest absolute Gasteiger partial charge is 0.348 e. The second-order valence-corrected chi connectivity index (χ2v) is 5.80. The van der Waals surface area contributed by atoms with Gasteiger partial charge in [-0.1, -0.05) is 37.3 Å². The summed E-state index contributed by atoms with van der Waals surface area (Å²) in [4.78, 5) is 13.0. The van der Waals surface area contributed by atoms with Crippen molar-refractivity contribution in [3.8, 4) is 0 Å². The third-order valence-electron chi connectivity index (χ3n) is 3.38. The van der Waals surface area contributed by atoms with E-state index in [-0.39, 0.29) is 11.9 Å². The van der Waals surface area contributed by atoms with Gasteiger partial charge in [0.1, 0.15) is 6.04 Å². The first kappa shape index (κ1) is 14.8. The number of carbonyl (C=O) groups is 1. The molecule has 1 aromatic carbocycles. The van der Waals surface area contributed by atoms with Gasteiger partial charge in [0.25, 0.3) is 0 Å². The van der Waals surface area contributed by atoms with Crippen LogP contribution in [0.4, 0.5) is 0 Å². The highest BCUT2D eigenvalue weighted by molar-refractivity contribution is 7.10. The van der Waals surface area contributed by atoms with Gasteiger partial charge in [0.2, 0.25) is 5.91 Å². The van der Waals surface area contributed by atoms with Crippen LogP contribution in [0.2, 0.25) is 0 Å². The molecule has 0 fully saturated rings. The molecule has 2 rings (SSSR count). The number of carbonyl (C=O) groups excluding carboxylic acids is 1. The highest BCUT2D eigenvalue weighted by Gasteiger charge is 2.18. The van der Waals surface area contributed by atoms with Crippen LogP contribution in [0.1, 0.15) is 41.9 Å². The van der Waals surface area contributed by atoms with Crippen molar-refractivity contribution in [1.82, 2.24) is 5.32 Å². The Hall–Kier alpha value is -1.65. The summed E-state index contributed by atoms with van der Waals surface area (Å²) < 4.78 is 0. The first-order valence-electron chi connectivity index (χ1n) is 6.80. The maximum atomic E-state index is 12.1. The molecule has 0 aliphatic heterocycles. The molecule has 1 heterocycles. The number of benzene rings is 1. The molecule has 0 spiro atoms. The Balaban J connectivity index is 1.99. The van der Waals surface area contributed by atoms with E-state index in [9.17, 15) is 4.79 Å². The molecule has 3 N–H and O–H groups in total. The van der Waals surface area contributed by atoms with Crippen LogP contribution >= 0.6 is 11.3 Å². The normalized spacial score (nSPS) is 13.8. The Morgan fingerprint density at radius 3 is 2.55 bits per heavy atom. The van der Waals surface area contributed by atoms with Crippen molar-refractivity contribution < 1.29 is 4.79 Å². The summed E-state index contributed by atoms with van der Waals surface area (Å²) in [5, 5.41) is 4.89. The first-order valence-corrected chi connectivity index (χ1v) is 7.68. The molecule has 1 aromatic heterocycles. The van der Waals surface area contributed by atoms with E-state index < -0.39 is 6.04 Å². The molecule has 1 amide bonds. The fourth-order valence-electron chi connectivity index (χ4n) is 2.03. The molecule has 0 aliphatic rings. The smallest absolute Gasteiger partial charge is 0.242 e. The zero-order valence-electron chi connectivity index (χ0n) is 11.8. The monoisotopic (exact) mass is 288 g/mol. The van der Waals surface area contributed by atoms with E-state index in [1.165, 1.54) is 16.9 Å². The lowest BCUT2D eigenvalue weighted by molar-refractivity contribution is -0.123. The van der Waals surface area contributed by atoms with E-state index >= 15 is 0 Å². The fourth-order valence-corrected chi connectivity index (χ4v) is 2.75. The molecule has 2 aromatic rings. The minimum absolute atomic E-state index is 0.0422. The predicted molar refractivity (Wildman–Crippen MR) is 83.6 cm³/mol. The lowest BCUT2D eigenvalue weighted by Gasteiger charge is -2.17. The molecular formula is C16H20N2OS. The van der Waals surface area contributed by atoms with Crippen molar-refractivity contribution >= 4 is 17.2 Å². The molecule has 0 saturated carbocycles. The van der Waals surface area contributed by atoms with Crippen LogP contribution in [0.25, 0.3) is 0 Å². The molecular weight excluding hydrogens is 268 g/mol. The molecule has 20 heavy (non-hydrogen) atoms. The number of aryl methyl sites for hydroxylation is 1. The average molecular weight is 288 g/mol. The summed E-state index contributed by atoms with van der Waals surface area (Å²) in [5.41, 5.74) is 8.34. The summed E-state index contributed by atoms with van der Waals surface area (Å²) in [6.45, 7) is 4.10. The molecule has 2 atom stereocenters. The summed E-state index contributed by atoms with van der Waals surface area (Å²) in [6.07, 6.45) is 1.02. The molecule has 2 unspecified atom stereocenters. The maximum absolute atomic E-state index is 12.1.